The summed E-state index contributed by atoms with van der Waals surface area (Å²) in [5.74, 6) is 0. The Hall–Kier alpha value is -0.820. The van der Waals surface area contributed by atoms with Gasteiger partial charge in [-0.15, -0.1) is 0 Å². The summed E-state index contributed by atoms with van der Waals surface area (Å²) in [7, 11) is -3.63. The maximum absolute atomic E-state index is 12.3. The van der Waals surface area contributed by atoms with Crippen molar-refractivity contribution in [1.29, 1.82) is 0 Å². The van der Waals surface area contributed by atoms with Gasteiger partial charge in [0.1, 0.15) is 0 Å². The van der Waals surface area contributed by atoms with Crippen LogP contribution in [0.2, 0.25) is 5.02 Å². The van der Waals surface area contributed by atoms with Crippen LogP contribution in [0.15, 0.2) is 23.1 Å². The van der Waals surface area contributed by atoms with E-state index in [9.17, 15) is 8.42 Å². The van der Waals surface area contributed by atoms with Gasteiger partial charge < -0.3 is 10.8 Å². The third-order valence-corrected chi connectivity index (χ3v) is 4.65. The van der Waals surface area contributed by atoms with Crippen molar-refractivity contribution in [2.45, 2.75) is 18.2 Å². The SMILES string of the molecule is CCCN(CCO)S(=O)(=O)c1ccc(N)c(Cl)c1. The molecule has 0 heterocycles. The molecule has 0 amide bonds. The second-order valence-corrected chi connectivity index (χ2v) is 6.16. The van der Waals surface area contributed by atoms with E-state index < -0.39 is 10.0 Å². The molecule has 0 saturated heterocycles. The second kappa shape index (κ2) is 6.38. The van der Waals surface area contributed by atoms with Gasteiger partial charge in [-0.05, 0) is 24.6 Å². The zero-order chi connectivity index (χ0) is 13.8. The predicted molar refractivity (Wildman–Crippen MR) is 72.0 cm³/mol. The molecule has 1 aromatic rings. The Bertz CT molecular complexity index is 499. The first-order valence-electron chi connectivity index (χ1n) is 5.59. The van der Waals surface area contributed by atoms with E-state index in [2.05, 4.69) is 0 Å². The van der Waals surface area contributed by atoms with Crippen molar-refractivity contribution >= 4 is 27.3 Å². The molecule has 0 spiro atoms. The molecule has 18 heavy (non-hydrogen) atoms. The number of aliphatic hydroxyl groups excluding tert-OH is 1. The Kier molecular flexibility index (Phi) is 5.40. The summed E-state index contributed by atoms with van der Waals surface area (Å²) >= 11 is 5.82. The first-order valence-corrected chi connectivity index (χ1v) is 7.41. The van der Waals surface area contributed by atoms with Crippen molar-refractivity contribution in [2.75, 3.05) is 25.4 Å². The monoisotopic (exact) mass is 292 g/mol. The van der Waals surface area contributed by atoms with E-state index in [1.54, 1.807) is 0 Å². The molecule has 1 aromatic carbocycles. The normalized spacial score (nSPS) is 12.0. The van der Waals surface area contributed by atoms with E-state index in [0.29, 0.717) is 18.7 Å². The van der Waals surface area contributed by atoms with Gasteiger partial charge in [-0.1, -0.05) is 18.5 Å². The lowest BCUT2D eigenvalue weighted by molar-refractivity contribution is 0.253. The van der Waals surface area contributed by atoms with Crippen LogP contribution < -0.4 is 5.73 Å². The van der Waals surface area contributed by atoms with Gasteiger partial charge in [0.15, 0.2) is 0 Å². The van der Waals surface area contributed by atoms with Gasteiger partial charge >= 0.3 is 0 Å². The van der Waals surface area contributed by atoms with Crippen molar-refractivity contribution < 1.29 is 13.5 Å². The average Bonchev–Trinajstić information content (AvgIpc) is 2.32. The molecule has 0 aliphatic rings. The van der Waals surface area contributed by atoms with Crippen LogP contribution in [0, 0.1) is 0 Å². The maximum atomic E-state index is 12.3. The number of anilines is 1. The van der Waals surface area contributed by atoms with E-state index in [-0.39, 0.29) is 23.1 Å². The van der Waals surface area contributed by atoms with E-state index in [0.717, 1.165) is 0 Å². The van der Waals surface area contributed by atoms with E-state index in [1.807, 2.05) is 6.92 Å². The summed E-state index contributed by atoms with van der Waals surface area (Å²) in [5.41, 5.74) is 5.88. The lowest BCUT2D eigenvalue weighted by Crippen LogP contribution is -2.34. The van der Waals surface area contributed by atoms with Crippen LogP contribution in [0.4, 0.5) is 5.69 Å². The molecule has 7 heteroatoms. The zero-order valence-corrected chi connectivity index (χ0v) is 11.7. The van der Waals surface area contributed by atoms with Crippen LogP contribution in [-0.2, 0) is 10.0 Å². The van der Waals surface area contributed by atoms with Crippen molar-refractivity contribution in [3.8, 4) is 0 Å². The number of benzene rings is 1. The summed E-state index contributed by atoms with van der Waals surface area (Å²) in [4.78, 5) is 0.0867. The number of hydrogen-bond donors (Lipinski definition) is 2. The molecule has 0 fully saturated rings. The summed E-state index contributed by atoms with van der Waals surface area (Å²) in [6.07, 6.45) is 0.669. The summed E-state index contributed by atoms with van der Waals surface area (Å²) < 4.78 is 25.8. The topological polar surface area (TPSA) is 83.6 Å². The number of aliphatic hydroxyl groups is 1. The molecule has 102 valence electrons. The molecule has 1 rings (SSSR count). The molecule has 5 nitrogen and oxygen atoms in total. The third kappa shape index (κ3) is 3.35. The fourth-order valence-corrected chi connectivity index (χ4v) is 3.33. The van der Waals surface area contributed by atoms with Crippen LogP contribution in [0.1, 0.15) is 13.3 Å². The first-order chi connectivity index (χ1) is 8.43. The van der Waals surface area contributed by atoms with Crippen molar-refractivity contribution in [1.82, 2.24) is 4.31 Å². The van der Waals surface area contributed by atoms with Crippen molar-refractivity contribution in [3.05, 3.63) is 23.2 Å². The highest BCUT2D eigenvalue weighted by molar-refractivity contribution is 7.89. The molecule has 0 bridgehead atoms. The maximum Gasteiger partial charge on any atom is 0.243 e. The minimum Gasteiger partial charge on any atom is -0.398 e. The Morgan fingerprint density at radius 3 is 2.56 bits per heavy atom. The van der Waals surface area contributed by atoms with Crippen LogP contribution in [0.25, 0.3) is 0 Å². The number of halogens is 1. The quantitative estimate of drug-likeness (QED) is 0.775. The first kappa shape index (κ1) is 15.2. The molecule has 0 aliphatic heterocycles. The predicted octanol–water partition coefficient (Wildman–Crippen LogP) is 1.32. The molecule has 0 unspecified atom stereocenters. The second-order valence-electron chi connectivity index (χ2n) is 3.81. The number of hydrogen-bond acceptors (Lipinski definition) is 4. The number of nitrogens with zero attached hydrogens (tertiary/aromatic N) is 1. The van der Waals surface area contributed by atoms with Gasteiger partial charge in [0.25, 0.3) is 0 Å². The Labute approximate surface area is 112 Å². The minimum absolute atomic E-state index is 0.0676. The molecule has 0 saturated carbocycles. The van der Waals surface area contributed by atoms with E-state index >= 15 is 0 Å². The van der Waals surface area contributed by atoms with Gasteiger partial charge in [-0.2, -0.15) is 4.31 Å². The van der Waals surface area contributed by atoms with Gasteiger partial charge in [0, 0.05) is 13.1 Å². The number of nitrogens with two attached hydrogens (primary N) is 1. The van der Waals surface area contributed by atoms with Crippen molar-refractivity contribution in [2.24, 2.45) is 0 Å². The molecule has 0 radical (unpaired) electrons. The Balaban J connectivity index is 3.13. The molecule has 0 atom stereocenters. The van der Waals surface area contributed by atoms with E-state index in [1.165, 1.54) is 22.5 Å². The number of nitrogen functional groups attached to an aromatic ring is 1. The Morgan fingerprint density at radius 2 is 2.06 bits per heavy atom. The molecular weight excluding hydrogens is 276 g/mol. The van der Waals surface area contributed by atoms with Crippen molar-refractivity contribution in [3.63, 3.8) is 0 Å². The molecule has 3 N–H and O–H groups in total. The molecule has 0 aromatic heterocycles. The third-order valence-electron chi connectivity index (χ3n) is 2.43. The standard InChI is InChI=1S/C11H17ClN2O3S/c1-2-5-14(6-7-15)18(16,17)9-3-4-11(13)10(12)8-9/h3-4,8,15H,2,5-7,13H2,1H3. The smallest absolute Gasteiger partial charge is 0.243 e. The summed E-state index contributed by atoms with van der Waals surface area (Å²) in [5, 5.41) is 9.13. The lowest BCUT2D eigenvalue weighted by Gasteiger charge is -2.20. The lowest BCUT2D eigenvalue weighted by atomic mass is 10.3. The fraction of sp³-hybridized carbons (Fsp3) is 0.455. The van der Waals surface area contributed by atoms with Gasteiger partial charge in [-0.25, -0.2) is 8.42 Å². The summed E-state index contributed by atoms with van der Waals surface area (Å²) in [6.45, 7) is 2.07. The largest absolute Gasteiger partial charge is 0.398 e. The minimum atomic E-state index is -3.63. The molecule has 0 aliphatic carbocycles. The van der Waals surface area contributed by atoms with Gasteiger partial charge in [-0.3, -0.25) is 0 Å². The Morgan fingerprint density at radius 1 is 1.39 bits per heavy atom. The highest BCUT2D eigenvalue weighted by Gasteiger charge is 2.23. The highest BCUT2D eigenvalue weighted by atomic mass is 35.5. The van der Waals surface area contributed by atoms with E-state index in [4.69, 9.17) is 22.4 Å². The molecular formula is C11H17ClN2O3S. The number of rotatable bonds is 6. The average molecular weight is 293 g/mol. The fourth-order valence-electron chi connectivity index (χ4n) is 1.53. The van der Waals surface area contributed by atoms with Crippen LogP contribution in [0.3, 0.4) is 0 Å². The van der Waals surface area contributed by atoms with Crippen LogP contribution in [-0.4, -0.2) is 37.5 Å². The van der Waals surface area contributed by atoms with Gasteiger partial charge in [0.05, 0.1) is 22.2 Å². The highest BCUT2D eigenvalue weighted by Crippen LogP contribution is 2.24. The zero-order valence-electron chi connectivity index (χ0n) is 10.1. The number of sulfonamides is 1. The van der Waals surface area contributed by atoms with Crippen LogP contribution in [0.5, 0.6) is 0 Å². The summed E-state index contributed by atoms with van der Waals surface area (Å²) in [6, 6.07) is 4.20. The van der Waals surface area contributed by atoms with Gasteiger partial charge in [0.2, 0.25) is 10.0 Å². The van der Waals surface area contributed by atoms with Crippen LogP contribution >= 0.6 is 11.6 Å².